The predicted molar refractivity (Wildman–Crippen MR) is 132 cm³/mol. The van der Waals surface area contributed by atoms with Crippen molar-refractivity contribution in [2.45, 2.75) is 25.3 Å². The Bertz CT molecular complexity index is 984. The van der Waals surface area contributed by atoms with Crippen molar-refractivity contribution >= 4 is 17.5 Å². The number of methoxy groups -OCH3 is 5. The van der Waals surface area contributed by atoms with Crippen LogP contribution in [0.2, 0.25) is 0 Å². The summed E-state index contributed by atoms with van der Waals surface area (Å²) < 4.78 is 26.9. The fourth-order valence-electron chi connectivity index (χ4n) is 4.42. The van der Waals surface area contributed by atoms with Crippen molar-refractivity contribution in [3.05, 3.63) is 42.0 Å². The van der Waals surface area contributed by atoms with Crippen molar-refractivity contribution in [3.63, 3.8) is 0 Å². The fourth-order valence-corrected chi connectivity index (χ4v) is 4.42. The molecule has 0 aliphatic carbocycles. The van der Waals surface area contributed by atoms with Crippen LogP contribution in [0.4, 0.5) is 5.69 Å². The molecule has 0 radical (unpaired) electrons. The van der Waals surface area contributed by atoms with Crippen LogP contribution in [0.5, 0.6) is 23.0 Å². The number of hydrogen-bond donors (Lipinski definition) is 1. The van der Waals surface area contributed by atoms with Crippen LogP contribution in [0.3, 0.4) is 0 Å². The molecule has 9 nitrogen and oxygen atoms in total. The lowest BCUT2D eigenvalue weighted by atomic mass is 9.83. The molecule has 0 spiro atoms. The van der Waals surface area contributed by atoms with E-state index in [9.17, 15) is 9.59 Å². The molecule has 2 aromatic carbocycles. The van der Waals surface area contributed by atoms with Gasteiger partial charge < -0.3 is 33.9 Å². The van der Waals surface area contributed by atoms with Gasteiger partial charge in [-0.25, -0.2) is 0 Å². The quantitative estimate of drug-likeness (QED) is 0.487. The Morgan fingerprint density at radius 3 is 2.17 bits per heavy atom. The SMILES string of the molecule is COCCCNC(=O)[C@H]1CCC(=O)N(c2cc(OC)c(OC)c(OC)c2)[C@@H]1c1ccc(OC)cc1. The molecule has 0 saturated carbocycles. The Morgan fingerprint density at radius 2 is 1.63 bits per heavy atom. The highest BCUT2D eigenvalue weighted by atomic mass is 16.5. The van der Waals surface area contributed by atoms with Crippen LogP contribution in [-0.4, -0.2) is 60.5 Å². The minimum absolute atomic E-state index is 0.0940. The monoisotopic (exact) mass is 486 g/mol. The molecule has 0 bridgehead atoms. The second kappa shape index (κ2) is 12.3. The first-order valence-corrected chi connectivity index (χ1v) is 11.5. The van der Waals surface area contributed by atoms with E-state index in [0.29, 0.717) is 54.7 Å². The van der Waals surface area contributed by atoms with E-state index in [1.54, 1.807) is 31.3 Å². The maximum Gasteiger partial charge on any atom is 0.227 e. The summed E-state index contributed by atoms with van der Waals surface area (Å²) in [7, 11) is 7.80. The lowest BCUT2D eigenvalue weighted by Crippen LogP contribution is -2.48. The molecule has 1 N–H and O–H groups in total. The molecule has 1 heterocycles. The maximum atomic E-state index is 13.4. The molecule has 2 amide bonds. The number of rotatable bonds is 11. The van der Waals surface area contributed by atoms with Crippen molar-refractivity contribution in [1.82, 2.24) is 5.32 Å². The molecule has 35 heavy (non-hydrogen) atoms. The van der Waals surface area contributed by atoms with E-state index >= 15 is 0 Å². The van der Waals surface area contributed by atoms with Gasteiger partial charge in [-0.2, -0.15) is 0 Å². The third kappa shape index (κ3) is 5.79. The molecule has 2 aromatic rings. The lowest BCUT2D eigenvalue weighted by Gasteiger charge is -2.41. The molecule has 2 atom stereocenters. The molecule has 190 valence electrons. The number of nitrogens with zero attached hydrogens (tertiary/aromatic N) is 1. The van der Waals surface area contributed by atoms with Crippen molar-refractivity contribution in [2.24, 2.45) is 5.92 Å². The number of anilines is 1. The van der Waals surface area contributed by atoms with Gasteiger partial charge in [-0.3, -0.25) is 9.59 Å². The number of ether oxygens (including phenoxy) is 5. The number of hydrogen-bond acceptors (Lipinski definition) is 7. The van der Waals surface area contributed by atoms with Crippen LogP contribution in [0.25, 0.3) is 0 Å². The van der Waals surface area contributed by atoms with Crippen LogP contribution >= 0.6 is 0 Å². The van der Waals surface area contributed by atoms with E-state index < -0.39 is 12.0 Å². The smallest absolute Gasteiger partial charge is 0.227 e. The Balaban J connectivity index is 2.07. The van der Waals surface area contributed by atoms with Gasteiger partial charge >= 0.3 is 0 Å². The molecular weight excluding hydrogens is 452 g/mol. The zero-order valence-corrected chi connectivity index (χ0v) is 21.0. The topological polar surface area (TPSA) is 95.6 Å². The summed E-state index contributed by atoms with van der Waals surface area (Å²) in [5.41, 5.74) is 1.38. The second-order valence-corrected chi connectivity index (χ2v) is 8.15. The fraction of sp³-hybridized carbons (Fsp3) is 0.462. The van der Waals surface area contributed by atoms with E-state index in [2.05, 4.69) is 5.32 Å². The zero-order valence-electron chi connectivity index (χ0n) is 21.0. The van der Waals surface area contributed by atoms with Crippen LogP contribution in [0.1, 0.15) is 30.9 Å². The molecule has 1 aliphatic heterocycles. The van der Waals surface area contributed by atoms with E-state index in [-0.39, 0.29) is 18.2 Å². The first kappa shape index (κ1) is 26.2. The summed E-state index contributed by atoms with van der Waals surface area (Å²) in [5.74, 6) is 1.31. The standard InChI is InChI=1S/C26H34N2O7/c1-31-14-6-13-27-26(30)20-11-12-23(29)28(24(20)17-7-9-19(32-2)10-8-17)18-15-21(33-3)25(35-5)22(16-18)34-4/h7-10,15-16,20,24H,6,11-14H2,1-5H3,(H,27,30)/t20-,24+/m0/s1. The van der Waals surface area contributed by atoms with Gasteiger partial charge in [-0.1, -0.05) is 12.1 Å². The summed E-state index contributed by atoms with van der Waals surface area (Å²) in [6.07, 6.45) is 1.38. The third-order valence-corrected chi connectivity index (χ3v) is 6.14. The summed E-state index contributed by atoms with van der Waals surface area (Å²) in [6, 6.07) is 10.4. The van der Waals surface area contributed by atoms with Crippen molar-refractivity contribution in [1.29, 1.82) is 0 Å². The third-order valence-electron chi connectivity index (χ3n) is 6.14. The molecule has 3 rings (SSSR count). The molecule has 0 aromatic heterocycles. The maximum absolute atomic E-state index is 13.4. The molecule has 1 aliphatic rings. The zero-order chi connectivity index (χ0) is 25.4. The van der Waals surface area contributed by atoms with Gasteiger partial charge in [-0.15, -0.1) is 0 Å². The average Bonchev–Trinajstić information content (AvgIpc) is 2.89. The summed E-state index contributed by atoms with van der Waals surface area (Å²) in [5, 5.41) is 3.01. The first-order valence-electron chi connectivity index (χ1n) is 11.5. The van der Waals surface area contributed by atoms with Gasteiger partial charge in [0.25, 0.3) is 0 Å². The summed E-state index contributed by atoms with van der Waals surface area (Å²) in [6.45, 7) is 1.06. The highest BCUT2D eigenvalue weighted by Gasteiger charge is 2.42. The lowest BCUT2D eigenvalue weighted by molar-refractivity contribution is -0.129. The van der Waals surface area contributed by atoms with Crippen LogP contribution in [-0.2, 0) is 14.3 Å². The summed E-state index contributed by atoms with van der Waals surface area (Å²) >= 11 is 0. The molecular formula is C26H34N2O7. The number of benzene rings is 2. The van der Waals surface area contributed by atoms with Crippen LogP contribution in [0.15, 0.2) is 36.4 Å². The van der Waals surface area contributed by atoms with E-state index in [1.807, 2.05) is 24.3 Å². The van der Waals surface area contributed by atoms with Gasteiger partial charge in [0, 0.05) is 38.8 Å². The average molecular weight is 487 g/mol. The van der Waals surface area contributed by atoms with E-state index in [0.717, 1.165) is 5.56 Å². The van der Waals surface area contributed by atoms with Crippen LogP contribution in [0, 0.1) is 5.92 Å². The predicted octanol–water partition coefficient (Wildman–Crippen LogP) is 3.36. The number of amides is 2. The highest BCUT2D eigenvalue weighted by molar-refractivity contribution is 5.98. The summed E-state index contributed by atoms with van der Waals surface area (Å²) in [4.78, 5) is 28.3. The van der Waals surface area contributed by atoms with Gasteiger partial charge in [0.05, 0.1) is 46.1 Å². The van der Waals surface area contributed by atoms with Gasteiger partial charge in [0.2, 0.25) is 17.6 Å². The number of nitrogens with one attached hydrogen (secondary N) is 1. The molecule has 0 unspecified atom stereocenters. The van der Waals surface area contributed by atoms with Crippen molar-refractivity contribution in [2.75, 3.05) is 53.6 Å². The van der Waals surface area contributed by atoms with Gasteiger partial charge in [-0.05, 0) is 30.5 Å². The molecule has 1 saturated heterocycles. The van der Waals surface area contributed by atoms with E-state index in [1.165, 1.54) is 21.3 Å². The number of carbonyl (C=O) groups is 2. The van der Waals surface area contributed by atoms with Gasteiger partial charge in [0.15, 0.2) is 11.5 Å². The minimum Gasteiger partial charge on any atom is -0.497 e. The minimum atomic E-state index is -0.535. The van der Waals surface area contributed by atoms with Crippen molar-refractivity contribution < 1.29 is 33.3 Å². The van der Waals surface area contributed by atoms with Gasteiger partial charge in [0.1, 0.15) is 5.75 Å². The van der Waals surface area contributed by atoms with Crippen LogP contribution < -0.4 is 29.2 Å². The Kier molecular flexibility index (Phi) is 9.19. The molecule has 9 heteroatoms. The molecule has 1 fully saturated rings. The Morgan fingerprint density at radius 1 is 0.971 bits per heavy atom. The largest absolute Gasteiger partial charge is 0.497 e. The van der Waals surface area contributed by atoms with E-state index in [4.69, 9.17) is 23.7 Å². The highest BCUT2D eigenvalue weighted by Crippen LogP contribution is 2.46. The normalized spacial score (nSPS) is 17.6. The Hall–Kier alpha value is -3.46. The Labute approximate surface area is 206 Å². The number of piperidine rings is 1. The first-order chi connectivity index (χ1) is 17.0. The second-order valence-electron chi connectivity index (χ2n) is 8.15. The number of carbonyl (C=O) groups excluding carboxylic acids is 2. The van der Waals surface area contributed by atoms with Crippen molar-refractivity contribution in [3.8, 4) is 23.0 Å².